The first-order valence-electron chi connectivity index (χ1n) is 5.14. The van der Waals surface area contributed by atoms with Crippen LogP contribution in [0.2, 0.25) is 0 Å². The van der Waals surface area contributed by atoms with Crippen LogP contribution in [0.15, 0.2) is 0 Å². The highest BCUT2D eigenvalue weighted by Crippen LogP contribution is 2.31. The summed E-state index contributed by atoms with van der Waals surface area (Å²) in [6.07, 6.45) is 3.41. The zero-order valence-corrected chi connectivity index (χ0v) is 9.36. The fourth-order valence-corrected chi connectivity index (χ4v) is 2.26. The third-order valence-corrected chi connectivity index (χ3v) is 3.22. The Balaban J connectivity index is 2.59. The molecule has 3 nitrogen and oxygen atoms in total. The van der Waals surface area contributed by atoms with Crippen molar-refractivity contribution in [2.45, 2.75) is 37.6 Å². The summed E-state index contributed by atoms with van der Waals surface area (Å²) >= 11 is 0. The largest absolute Gasteiger partial charge is 0.381 e. The van der Waals surface area contributed by atoms with Crippen LogP contribution in [-0.4, -0.2) is 39.6 Å². The molecule has 1 aliphatic carbocycles. The predicted octanol–water partition coefficient (Wildman–Crippen LogP) is 1.67. The van der Waals surface area contributed by atoms with Gasteiger partial charge in [-0.05, 0) is 18.8 Å². The second-order valence-corrected chi connectivity index (χ2v) is 3.84. The molecule has 0 heterocycles. The Morgan fingerprint density at radius 1 is 0.929 bits per heavy atom. The normalized spacial score (nSPS) is 38.6. The highest BCUT2D eigenvalue weighted by Gasteiger charge is 2.36. The maximum absolute atomic E-state index is 5.44. The van der Waals surface area contributed by atoms with E-state index < -0.39 is 0 Å². The Kier molecular flexibility index (Phi) is 4.85. The minimum Gasteiger partial charge on any atom is -0.381 e. The molecule has 14 heavy (non-hydrogen) atoms. The number of methoxy groups -OCH3 is 3. The lowest BCUT2D eigenvalue weighted by Gasteiger charge is -2.39. The van der Waals surface area contributed by atoms with Crippen LogP contribution in [0.3, 0.4) is 0 Å². The van der Waals surface area contributed by atoms with Crippen molar-refractivity contribution in [2.24, 2.45) is 5.92 Å². The molecule has 0 spiro atoms. The molecular formula is C11H21O3. The van der Waals surface area contributed by atoms with Gasteiger partial charge < -0.3 is 14.2 Å². The van der Waals surface area contributed by atoms with E-state index in [2.05, 4.69) is 6.92 Å². The van der Waals surface area contributed by atoms with Gasteiger partial charge >= 0.3 is 0 Å². The summed E-state index contributed by atoms with van der Waals surface area (Å²) < 4.78 is 16.2. The molecule has 0 aromatic carbocycles. The summed E-state index contributed by atoms with van der Waals surface area (Å²) in [5, 5.41) is 0. The van der Waals surface area contributed by atoms with E-state index in [4.69, 9.17) is 14.2 Å². The minimum absolute atomic E-state index is 0.160. The first-order chi connectivity index (χ1) is 6.76. The van der Waals surface area contributed by atoms with Gasteiger partial charge in [-0.2, -0.15) is 0 Å². The molecule has 0 bridgehead atoms. The topological polar surface area (TPSA) is 27.7 Å². The molecule has 0 saturated heterocycles. The summed E-state index contributed by atoms with van der Waals surface area (Å²) in [6, 6.07) is 0. The SMILES string of the molecule is [CH2]CC1CC(OC)C(OC)CC1OC. The molecule has 4 atom stereocenters. The number of ether oxygens (including phenoxy) is 3. The monoisotopic (exact) mass is 201 g/mol. The summed E-state index contributed by atoms with van der Waals surface area (Å²) in [4.78, 5) is 0. The van der Waals surface area contributed by atoms with Crippen molar-refractivity contribution in [1.82, 2.24) is 0 Å². The lowest BCUT2D eigenvalue weighted by atomic mass is 9.81. The first kappa shape index (κ1) is 12.0. The molecule has 0 amide bonds. The van der Waals surface area contributed by atoms with Crippen molar-refractivity contribution in [1.29, 1.82) is 0 Å². The smallest absolute Gasteiger partial charge is 0.0857 e. The van der Waals surface area contributed by atoms with Crippen LogP contribution in [0.25, 0.3) is 0 Å². The third-order valence-electron chi connectivity index (χ3n) is 3.22. The Bertz CT molecular complexity index is 127. The maximum Gasteiger partial charge on any atom is 0.0857 e. The van der Waals surface area contributed by atoms with E-state index >= 15 is 0 Å². The first-order valence-corrected chi connectivity index (χ1v) is 5.14. The van der Waals surface area contributed by atoms with E-state index in [0.29, 0.717) is 5.92 Å². The molecule has 4 unspecified atom stereocenters. The van der Waals surface area contributed by atoms with Gasteiger partial charge in [0.15, 0.2) is 0 Å². The fraction of sp³-hybridized carbons (Fsp3) is 0.909. The van der Waals surface area contributed by atoms with Crippen LogP contribution in [0.5, 0.6) is 0 Å². The van der Waals surface area contributed by atoms with Crippen LogP contribution in [0.1, 0.15) is 19.3 Å². The second-order valence-electron chi connectivity index (χ2n) is 3.84. The van der Waals surface area contributed by atoms with Crippen molar-refractivity contribution < 1.29 is 14.2 Å². The molecule has 0 N–H and O–H groups in total. The molecule has 1 radical (unpaired) electrons. The van der Waals surface area contributed by atoms with Gasteiger partial charge in [0.2, 0.25) is 0 Å². The van der Waals surface area contributed by atoms with Gasteiger partial charge in [-0.25, -0.2) is 0 Å². The molecule has 1 fully saturated rings. The van der Waals surface area contributed by atoms with Crippen molar-refractivity contribution in [3.8, 4) is 0 Å². The van der Waals surface area contributed by atoms with Gasteiger partial charge in [-0.15, -0.1) is 0 Å². The zero-order chi connectivity index (χ0) is 10.6. The number of rotatable bonds is 4. The summed E-state index contributed by atoms with van der Waals surface area (Å²) in [5.74, 6) is 0.497. The van der Waals surface area contributed by atoms with Gasteiger partial charge in [0.25, 0.3) is 0 Å². The number of hydrogen-bond donors (Lipinski definition) is 0. The predicted molar refractivity (Wildman–Crippen MR) is 55.1 cm³/mol. The molecule has 1 rings (SSSR count). The highest BCUT2D eigenvalue weighted by atomic mass is 16.5. The zero-order valence-electron chi connectivity index (χ0n) is 9.36. The van der Waals surface area contributed by atoms with E-state index in [-0.39, 0.29) is 18.3 Å². The fourth-order valence-electron chi connectivity index (χ4n) is 2.26. The van der Waals surface area contributed by atoms with Crippen molar-refractivity contribution >= 4 is 0 Å². The highest BCUT2D eigenvalue weighted by molar-refractivity contribution is 4.88. The lowest BCUT2D eigenvalue weighted by Crippen LogP contribution is -2.44. The van der Waals surface area contributed by atoms with Crippen LogP contribution in [-0.2, 0) is 14.2 Å². The van der Waals surface area contributed by atoms with E-state index in [0.717, 1.165) is 19.3 Å². The Labute approximate surface area is 86.7 Å². The maximum atomic E-state index is 5.44. The van der Waals surface area contributed by atoms with Gasteiger partial charge in [-0.3, -0.25) is 0 Å². The standard InChI is InChI=1S/C11H21O3/c1-5-8-6-10(13-3)11(14-4)7-9(8)12-2/h8-11H,1,5-7H2,2-4H3. The average Bonchev–Trinajstić information content (AvgIpc) is 2.26. The molecule has 83 valence electrons. The van der Waals surface area contributed by atoms with E-state index in [9.17, 15) is 0 Å². The lowest BCUT2D eigenvalue weighted by molar-refractivity contribution is -0.116. The van der Waals surface area contributed by atoms with Crippen LogP contribution in [0.4, 0.5) is 0 Å². The second kappa shape index (κ2) is 5.69. The van der Waals surface area contributed by atoms with Crippen LogP contribution in [0, 0.1) is 12.8 Å². The van der Waals surface area contributed by atoms with Gasteiger partial charge in [0, 0.05) is 27.8 Å². The minimum atomic E-state index is 0.160. The Morgan fingerprint density at radius 2 is 1.43 bits per heavy atom. The number of hydrogen-bond acceptors (Lipinski definition) is 3. The van der Waals surface area contributed by atoms with E-state index in [1.165, 1.54) is 0 Å². The Morgan fingerprint density at radius 3 is 1.86 bits per heavy atom. The van der Waals surface area contributed by atoms with Crippen LogP contribution < -0.4 is 0 Å². The van der Waals surface area contributed by atoms with E-state index in [1.54, 1.807) is 21.3 Å². The Hall–Kier alpha value is -0.120. The molecule has 0 aromatic rings. The quantitative estimate of drug-likeness (QED) is 0.692. The van der Waals surface area contributed by atoms with Gasteiger partial charge in [0.1, 0.15) is 0 Å². The van der Waals surface area contributed by atoms with Gasteiger partial charge in [-0.1, -0.05) is 6.92 Å². The molecule has 3 heteroatoms. The molecular weight excluding hydrogens is 180 g/mol. The van der Waals surface area contributed by atoms with Crippen LogP contribution >= 0.6 is 0 Å². The summed E-state index contributed by atoms with van der Waals surface area (Å²) in [7, 11) is 5.23. The van der Waals surface area contributed by atoms with Crippen molar-refractivity contribution in [3.05, 3.63) is 6.92 Å². The third kappa shape index (κ3) is 2.47. The van der Waals surface area contributed by atoms with Gasteiger partial charge in [0.05, 0.1) is 18.3 Å². The molecule has 0 aliphatic heterocycles. The summed E-state index contributed by atoms with van der Waals surface area (Å²) in [5.41, 5.74) is 0. The molecule has 0 aromatic heterocycles. The van der Waals surface area contributed by atoms with Crippen molar-refractivity contribution in [3.63, 3.8) is 0 Å². The molecule has 1 aliphatic rings. The average molecular weight is 201 g/mol. The van der Waals surface area contributed by atoms with Crippen molar-refractivity contribution in [2.75, 3.05) is 21.3 Å². The molecule has 1 saturated carbocycles. The summed E-state index contributed by atoms with van der Waals surface area (Å²) in [6.45, 7) is 3.95. The van der Waals surface area contributed by atoms with E-state index in [1.807, 2.05) is 0 Å².